The first-order valence-corrected chi connectivity index (χ1v) is 7.92. The van der Waals surface area contributed by atoms with Crippen molar-refractivity contribution in [1.82, 2.24) is 14.7 Å². The van der Waals surface area contributed by atoms with E-state index in [2.05, 4.69) is 5.10 Å². The van der Waals surface area contributed by atoms with Crippen LogP contribution in [0.5, 0.6) is 0 Å². The third kappa shape index (κ3) is 2.87. The Morgan fingerprint density at radius 2 is 2.43 bits per heavy atom. The molecule has 0 fully saturated rings. The molecule has 112 valence electrons. The Morgan fingerprint density at radius 3 is 3.14 bits per heavy atom. The molecule has 2 aromatic heterocycles. The van der Waals surface area contributed by atoms with E-state index < -0.39 is 0 Å². The van der Waals surface area contributed by atoms with E-state index >= 15 is 0 Å². The minimum Gasteiger partial charge on any atom is -0.384 e. The second kappa shape index (κ2) is 5.99. The molecule has 0 radical (unpaired) electrons. The number of fused-ring (bicyclic) bond motifs is 1. The molecule has 0 saturated carbocycles. The fourth-order valence-corrected chi connectivity index (χ4v) is 3.51. The summed E-state index contributed by atoms with van der Waals surface area (Å²) in [5.74, 6) is 0.375. The Labute approximate surface area is 128 Å². The zero-order valence-corrected chi connectivity index (χ0v) is 13.1. The summed E-state index contributed by atoms with van der Waals surface area (Å²) in [5, 5.41) is 8.36. The van der Waals surface area contributed by atoms with Gasteiger partial charge in [-0.05, 0) is 22.4 Å². The number of amides is 1. The predicted octanol–water partition coefficient (Wildman–Crippen LogP) is 1.80. The first-order valence-electron chi connectivity index (χ1n) is 6.97. The van der Waals surface area contributed by atoms with Gasteiger partial charge in [-0.15, -0.1) is 0 Å². The number of aromatic nitrogens is 2. The highest BCUT2D eigenvalue weighted by atomic mass is 32.1. The van der Waals surface area contributed by atoms with Crippen molar-refractivity contribution in [3.63, 3.8) is 0 Å². The molecule has 5 nitrogen and oxygen atoms in total. The van der Waals surface area contributed by atoms with Crippen LogP contribution in [-0.2, 0) is 29.5 Å². The number of hydrogen-bond acceptors (Lipinski definition) is 4. The van der Waals surface area contributed by atoms with E-state index in [9.17, 15) is 4.79 Å². The normalized spacial score (nSPS) is 17.8. The van der Waals surface area contributed by atoms with Crippen LogP contribution in [0.4, 0.5) is 0 Å². The Kier molecular flexibility index (Phi) is 4.07. The summed E-state index contributed by atoms with van der Waals surface area (Å²) >= 11 is 1.62. The molecule has 2 aromatic rings. The SMILES string of the molecule is COCC1CN(C(=O)Cc2ccsc2)Cc2c1cnn2C. The summed E-state index contributed by atoms with van der Waals surface area (Å²) in [7, 11) is 3.62. The molecule has 0 spiro atoms. The summed E-state index contributed by atoms with van der Waals surface area (Å²) < 4.78 is 7.17. The lowest BCUT2D eigenvalue weighted by Crippen LogP contribution is -2.40. The maximum atomic E-state index is 12.5. The van der Waals surface area contributed by atoms with Gasteiger partial charge in [0.15, 0.2) is 0 Å². The molecule has 1 unspecified atom stereocenters. The fraction of sp³-hybridized carbons (Fsp3) is 0.467. The van der Waals surface area contributed by atoms with E-state index in [-0.39, 0.29) is 11.8 Å². The largest absolute Gasteiger partial charge is 0.384 e. The first-order chi connectivity index (χ1) is 10.2. The third-order valence-electron chi connectivity index (χ3n) is 3.97. The molecule has 0 N–H and O–H groups in total. The molecule has 3 heterocycles. The van der Waals surface area contributed by atoms with Gasteiger partial charge in [-0.1, -0.05) is 0 Å². The average molecular weight is 305 g/mol. The summed E-state index contributed by atoms with van der Waals surface area (Å²) in [6.07, 6.45) is 2.37. The zero-order chi connectivity index (χ0) is 14.8. The standard InChI is InChI=1S/C15H19N3O2S/c1-17-14-8-18(15(19)5-11-3-4-21-10-11)7-12(9-20-2)13(14)6-16-17/h3-4,6,10,12H,5,7-9H2,1-2H3. The first kappa shape index (κ1) is 14.3. The molecule has 0 aromatic carbocycles. The highest BCUT2D eigenvalue weighted by Gasteiger charge is 2.30. The number of carbonyl (C=O) groups is 1. The highest BCUT2D eigenvalue weighted by molar-refractivity contribution is 7.07. The smallest absolute Gasteiger partial charge is 0.227 e. The van der Waals surface area contributed by atoms with Crippen LogP contribution in [0.15, 0.2) is 23.0 Å². The molecular weight excluding hydrogens is 286 g/mol. The monoisotopic (exact) mass is 305 g/mol. The molecule has 1 aliphatic heterocycles. The van der Waals surface area contributed by atoms with Crippen molar-refractivity contribution in [2.75, 3.05) is 20.3 Å². The van der Waals surface area contributed by atoms with Crippen LogP contribution in [0, 0.1) is 0 Å². The van der Waals surface area contributed by atoms with Gasteiger partial charge >= 0.3 is 0 Å². The summed E-state index contributed by atoms with van der Waals surface area (Å²) in [5.41, 5.74) is 3.41. The Hall–Kier alpha value is -1.66. The van der Waals surface area contributed by atoms with Crippen molar-refractivity contribution in [2.45, 2.75) is 18.9 Å². The summed E-state index contributed by atoms with van der Waals surface area (Å²) in [4.78, 5) is 14.4. The summed E-state index contributed by atoms with van der Waals surface area (Å²) in [6.45, 7) is 1.95. The fourth-order valence-electron chi connectivity index (χ4n) is 2.84. The van der Waals surface area contributed by atoms with Gasteiger partial charge in [0.25, 0.3) is 0 Å². The molecule has 0 aliphatic carbocycles. The third-order valence-corrected chi connectivity index (χ3v) is 4.70. The molecule has 0 bridgehead atoms. The Bertz CT molecular complexity index is 621. The van der Waals surface area contributed by atoms with Gasteiger partial charge in [0.2, 0.25) is 5.91 Å². The number of hydrogen-bond donors (Lipinski definition) is 0. The molecule has 1 aliphatic rings. The van der Waals surface area contributed by atoms with Gasteiger partial charge in [0.05, 0.1) is 31.5 Å². The number of aryl methyl sites for hydroxylation is 1. The van der Waals surface area contributed by atoms with Gasteiger partial charge in [-0.25, -0.2) is 0 Å². The maximum Gasteiger partial charge on any atom is 0.227 e. The van der Waals surface area contributed by atoms with Gasteiger partial charge in [0.1, 0.15) is 0 Å². The average Bonchev–Trinajstić information content (AvgIpc) is 3.10. The van der Waals surface area contributed by atoms with E-state index in [1.54, 1.807) is 18.4 Å². The zero-order valence-electron chi connectivity index (χ0n) is 12.3. The molecule has 1 amide bonds. The van der Waals surface area contributed by atoms with Crippen LogP contribution in [0.25, 0.3) is 0 Å². The lowest BCUT2D eigenvalue weighted by atomic mass is 9.95. The van der Waals surface area contributed by atoms with E-state index in [0.29, 0.717) is 26.1 Å². The van der Waals surface area contributed by atoms with Crippen molar-refractivity contribution >= 4 is 17.2 Å². The lowest BCUT2D eigenvalue weighted by Gasteiger charge is -2.32. The molecule has 1 atom stereocenters. The van der Waals surface area contributed by atoms with Crippen molar-refractivity contribution in [3.05, 3.63) is 39.8 Å². The van der Waals surface area contributed by atoms with Crippen LogP contribution in [0.3, 0.4) is 0 Å². The molecule has 0 saturated heterocycles. The van der Waals surface area contributed by atoms with Gasteiger partial charge in [-0.2, -0.15) is 16.4 Å². The number of ether oxygens (including phenoxy) is 1. The second-order valence-electron chi connectivity index (χ2n) is 5.41. The topological polar surface area (TPSA) is 47.4 Å². The highest BCUT2D eigenvalue weighted by Crippen LogP contribution is 2.28. The van der Waals surface area contributed by atoms with Gasteiger partial charge in [-0.3, -0.25) is 9.48 Å². The number of thiophene rings is 1. The minimum absolute atomic E-state index is 0.168. The van der Waals surface area contributed by atoms with Gasteiger partial charge in [0, 0.05) is 32.2 Å². The molecule has 6 heteroatoms. The van der Waals surface area contributed by atoms with Gasteiger partial charge < -0.3 is 9.64 Å². The Morgan fingerprint density at radius 1 is 1.57 bits per heavy atom. The van der Waals surface area contributed by atoms with Crippen LogP contribution in [0.2, 0.25) is 0 Å². The van der Waals surface area contributed by atoms with Crippen molar-refractivity contribution < 1.29 is 9.53 Å². The predicted molar refractivity (Wildman–Crippen MR) is 81.3 cm³/mol. The van der Waals surface area contributed by atoms with Crippen LogP contribution < -0.4 is 0 Å². The van der Waals surface area contributed by atoms with Crippen molar-refractivity contribution in [1.29, 1.82) is 0 Å². The summed E-state index contributed by atoms with van der Waals surface area (Å²) in [6, 6.07) is 2.01. The number of methoxy groups -OCH3 is 1. The van der Waals surface area contributed by atoms with E-state index in [1.165, 1.54) is 5.56 Å². The Balaban J connectivity index is 1.78. The number of nitrogens with zero attached hydrogens (tertiary/aromatic N) is 3. The second-order valence-corrected chi connectivity index (χ2v) is 6.19. The lowest BCUT2D eigenvalue weighted by molar-refractivity contribution is -0.132. The molecular formula is C15H19N3O2S. The van der Waals surface area contributed by atoms with E-state index in [1.807, 2.05) is 39.7 Å². The minimum atomic E-state index is 0.168. The number of rotatable bonds is 4. The van der Waals surface area contributed by atoms with Crippen molar-refractivity contribution in [3.8, 4) is 0 Å². The molecule has 3 rings (SSSR count). The van der Waals surface area contributed by atoms with Crippen LogP contribution in [0.1, 0.15) is 22.7 Å². The maximum absolute atomic E-state index is 12.5. The molecule has 21 heavy (non-hydrogen) atoms. The van der Waals surface area contributed by atoms with Crippen molar-refractivity contribution in [2.24, 2.45) is 7.05 Å². The van der Waals surface area contributed by atoms with E-state index in [0.717, 1.165) is 11.3 Å². The van der Waals surface area contributed by atoms with Crippen LogP contribution >= 0.6 is 11.3 Å². The van der Waals surface area contributed by atoms with E-state index in [4.69, 9.17) is 4.74 Å². The van der Waals surface area contributed by atoms with Crippen LogP contribution in [-0.4, -0.2) is 40.8 Å². The number of carbonyl (C=O) groups excluding carboxylic acids is 1. The quantitative estimate of drug-likeness (QED) is 0.865.